The van der Waals surface area contributed by atoms with Gasteiger partial charge in [0.05, 0.1) is 33.0 Å². The summed E-state index contributed by atoms with van der Waals surface area (Å²) < 4.78 is 21.3. The number of allylic oxidation sites excluding steroid dienone is 1. The number of ether oxygens (including phenoxy) is 4. The molecule has 0 aliphatic carbocycles. The highest BCUT2D eigenvalue weighted by Crippen LogP contribution is 2.31. The van der Waals surface area contributed by atoms with Crippen LogP contribution in [0.2, 0.25) is 5.02 Å². The smallest absolute Gasteiger partial charge is 0.336 e. The molecule has 0 aromatic heterocycles. The standard InChI is InChI=1S/C27H22ClNO5/c1-31-23-11-7-20(25(16-23)32-2)8-13-27(30)34-24-12-4-18(15-26(24)33-3)14-21(17-29)19-5-9-22(28)10-6-19/h4-16H,1-3H3. The van der Waals surface area contributed by atoms with Gasteiger partial charge >= 0.3 is 5.97 Å². The Morgan fingerprint density at radius 2 is 1.62 bits per heavy atom. The van der Waals surface area contributed by atoms with E-state index in [4.69, 9.17) is 30.5 Å². The van der Waals surface area contributed by atoms with Crippen molar-refractivity contribution in [1.82, 2.24) is 0 Å². The number of carbonyl (C=O) groups excluding carboxylic acids is 1. The quantitative estimate of drug-likeness (QED) is 0.130. The van der Waals surface area contributed by atoms with E-state index in [-0.39, 0.29) is 5.75 Å². The van der Waals surface area contributed by atoms with Crippen molar-refractivity contribution in [3.63, 3.8) is 0 Å². The second-order valence-corrected chi connectivity index (χ2v) is 7.39. The minimum atomic E-state index is -0.585. The van der Waals surface area contributed by atoms with E-state index in [0.717, 1.165) is 5.56 Å². The van der Waals surface area contributed by atoms with Crippen molar-refractivity contribution < 1.29 is 23.7 Å². The fraction of sp³-hybridized carbons (Fsp3) is 0.111. The van der Waals surface area contributed by atoms with Gasteiger partial charge in [-0.1, -0.05) is 29.8 Å². The zero-order valence-electron chi connectivity index (χ0n) is 18.9. The van der Waals surface area contributed by atoms with E-state index >= 15 is 0 Å². The molecule has 3 aromatic carbocycles. The first kappa shape index (κ1) is 24.4. The Morgan fingerprint density at radius 3 is 2.26 bits per heavy atom. The van der Waals surface area contributed by atoms with Crippen LogP contribution in [0, 0.1) is 11.3 Å². The summed E-state index contributed by atoms with van der Waals surface area (Å²) in [6, 6.07) is 19.5. The Labute approximate surface area is 203 Å². The third kappa shape index (κ3) is 6.18. The average molecular weight is 476 g/mol. The van der Waals surface area contributed by atoms with Crippen LogP contribution in [0.4, 0.5) is 0 Å². The van der Waals surface area contributed by atoms with E-state index in [1.54, 1.807) is 79.9 Å². The maximum absolute atomic E-state index is 12.4. The van der Waals surface area contributed by atoms with Crippen molar-refractivity contribution in [3.05, 3.63) is 88.5 Å². The molecule has 0 radical (unpaired) electrons. The molecule has 0 spiro atoms. The van der Waals surface area contributed by atoms with Gasteiger partial charge in [0.1, 0.15) is 11.5 Å². The molecule has 0 aliphatic heterocycles. The van der Waals surface area contributed by atoms with Crippen molar-refractivity contribution in [2.45, 2.75) is 0 Å². The minimum Gasteiger partial charge on any atom is -0.497 e. The molecule has 0 heterocycles. The molecule has 0 amide bonds. The third-order valence-electron chi connectivity index (χ3n) is 4.82. The SMILES string of the molecule is COc1ccc(C=CC(=O)Oc2ccc(C=C(C#N)c3ccc(Cl)cc3)cc2OC)c(OC)c1. The number of carbonyl (C=O) groups is 1. The molecule has 34 heavy (non-hydrogen) atoms. The van der Waals surface area contributed by atoms with Crippen LogP contribution < -0.4 is 18.9 Å². The normalized spacial score (nSPS) is 11.1. The summed E-state index contributed by atoms with van der Waals surface area (Å²) >= 11 is 5.93. The van der Waals surface area contributed by atoms with E-state index in [1.807, 2.05) is 0 Å². The number of rotatable bonds is 8. The summed E-state index contributed by atoms with van der Waals surface area (Å²) in [4.78, 5) is 12.4. The van der Waals surface area contributed by atoms with Crippen molar-refractivity contribution >= 4 is 35.3 Å². The fourth-order valence-electron chi connectivity index (χ4n) is 3.09. The molecule has 0 bridgehead atoms. The number of nitrogens with zero attached hydrogens (tertiary/aromatic N) is 1. The average Bonchev–Trinajstić information content (AvgIpc) is 2.87. The van der Waals surface area contributed by atoms with E-state index < -0.39 is 5.97 Å². The Morgan fingerprint density at radius 1 is 0.882 bits per heavy atom. The molecular weight excluding hydrogens is 454 g/mol. The van der Waals surface area contributed by atoms with Crippen LogP contribution >= 0.6 is 11.6 Å². The summed E-state index contributed by atoms with van der Waals surface area (Å²) in [6.07, 6.45) is 4.61. The van der Waals surface area contributed by atoms with Crippen molar-refractivity contribution in [1.29, 1.82) is 5.26 Å². The molecule has 0 saturated heterocycles. The number of methoxy groups -OCH3 is 3. The minimum absolute atomic E-state index is 0.251. The van der Waals surface area contributed by atoms with Crippen LogP contribution in [0.3, 0.4) is 0 Å². The Balaban J connectivity index is 1.78. The summed E-state index contributed by atoms with van der Waals surface area (Å²) in [5, 5.41) is 10.1. The summed E-state index contributed by atoms with van der Waals surface area (Å²) in [7, 11) is 4.58. The molecule has 3 rings (SSSR count). The van der Waals surface area contributed by atoms with Gasteiger partial charge in [-0.05, 0) is 59.7 Å². The van der Waals surface area contributed by atoms with Gasteiger partial charge in [-0.3, -0.25) is 0 Å². The molecule has 0 atom stereocenters. The number of benzene rings is 3. The Hall–Kier alpha value is -4.21. The third-order valence-corrected chi connectivity index (χ3v) is 5.08. The van der Waals surface area contributed by atoms with Crippen LogP contribution in [0.5, 0.6) is 23.0 Å². The lowest BCUT2D eigenvalue weighted by Gasteiger charge is -2.09. The molecule has 0 N–H and O–H groups in total. The number of hydrogen-bond donors (Lipinski definition) is 0. The predicted octanol–water partition coefficient (Wildman–Crippen LogP) is 6.05. The number of esters is 1. The van der Waals surface area contributed by atoms with Gasteiger partial charge in [-0.2, -0.15) is 5.26 Å². The molecular formula is C27H22ClNO5. The fourth-order valence-corrected chi connectivity index (χ4v) is 3.22. The Bertz CT molecular complexity index is 1270. The van der Waals surface area contributed by atoms with Gasteiger partial charge in [-0.25, -0.2) is 4.79 Å². The maximum atomic E-state index is 12.4. The zero-order valence-corrected chi connectivity index (χ0v) is 19.6. The zero-order chi connectivity index (χ0) is 24.5. The van der Waals surface area contributed by atoms with Gasteiger partial charge in [0.15, 0.2) is 11.5 Å². The second kappa shape index (κ2) is 11.6. The summed E-state index contributed by atoms with van der Waals surface area (Å²) in [6.45, 7) is 0. The molecule has 172 valence electrons. The van der Waals surface area contributed by atoms with E-state index in [0.29, 0.717) is 39.0 Å². The van der Waals surface area contributed by atoms with Crippen molar-refractivity contribution in [2.24, 2.45) is 0 Å². The lowest BCUT2D eigenvalue weighted by atomic mass is 10.0. The van der Waals surface area contributed by atoms with Crippen LogP contribution in [-0.2, 0) is 4.79 Å². The summed E-state index contributed by atoms with van der Waals surface area (Å²) in [5.41, 5.74) is 2.60. The number of nitriles is 1. The number of halogens is 1. The van der Waals surface area contributed by atoms with E-state index in [1.165, 1.54) is 20.3 Å². The molecule has 0 aliphatic rings. The monoisotopic (exact) mass is 475 g/mol. The van der Waals surface area contributed by atoms with Crippen LogP contribution in [0.15, 0.2) is 66.7 Å². The Kier molecular flexibility index (Phi) is 8.33. The molecule has 6 nitrogen and oxygen atoms in total. The lowest BCUT2D eigenvalue weighted by molar-refractivity contribution is -0.129. The highest BCUT2D eigenvalue weighted by molar-refractivity contribution is 6.30. The van der Waals surface area contributed by atoms with Gasteiger partial charge in [0.25, 0.3) is 0 Å². The lowest BCUT2D eigenvalue weighted by Crippen LogP contribution is -2.05. The molecule has 3 aromatic rings. The van der Waals surface area contributed by atoms with Crippen molar-refractivity contribution in [3.8, 4) is 29.1 Å². The van der Waals surface area contributed by atoms with Gasteiger partial charge in [0, 0.05) is 22.7 Å². The first-order valence-corrected chi connectivity index (χ1v) is 10.5. The largest absolute Gasteiger partial charge is 0.497 e. The molecule has 0 saturated carbocycles. The van der Waals surface area contributed by atoms with Crippen LogP contribution in [0.1, 0.15) is 16.7 Å². The summed E-state index contributed by atoms with van der Waals surface area (Å²) in [5.74, 6) is 1.22. The van der Waals surface area contributed by atoms with Gasteiger partial charge in [0.2, 0.25) is 0 Å². The highest BCUT2D eigenvalue weighted by Gasteiger charge is 2.10. The van der Waals surface area contributed by atoms with Crippen LogP contribution in [-0.4, -0.2) is 27.3 Å². The highest BCUT2D eigenvalue weighted by atomic mass is 35.5. The van der Waals surface area contributed by atoms with Crippen molar-refractivity contribution in [2.75, 3.05) is 21.3 Å². The van der Waals surface area contributed by atoms with E-state index in [2.05, 4.69) is 6.07 Å². The van der Waals surface area contributed by atoms with Crippen LogP contribution in [0.25, 0.3) is 17.7 Å². The molecule has 0 fully saturated rings. The number of hydrogen-bond acceptors (Lipinski definition) is 6. The molecule has 7 heteroatoms. The van der Waals surface area contributed by atoms with E-state index in [9.17, 15) is 10.1 Å². The second-order valence-electron chi connectivity index (χ2n) is 6.95. The van der Waals surface area contributed by atoms with Gasteiger partial charge < -0.3 is 18.9 Å². The predicted molar refractivity (Wildman–Crippen MR) is 132 cm³/mol. The molecule has 0 unspecified atom stereocenters. The first-order valence-electron chi connectivity index (χ1n) is 10.1. The first-order chi connectivity index (χ1) is 16.5. The maximum Gasteiger partial charge on any atom is 0.336 e. The van der Waals surface area contributed by atoms with Gasteiger partial charge in [-0.15, -0.1) is 0 Å². The topological polar surface area (TPSA) is 77.8 Å².